The highest BCUT2D eigenvalue weighted by Crippen LogP contribution is 2.20. The van der Waals surface area contributed by atoms with Gasteiger partial charge in [-0.25, -0.2) is 0 Å². The monoisotopic (exact) mass is 294 g/mol. The Morgan fingerprint density at radius 3 is 2.73 bits per heavy atom. The van der Waals surface area contributed by atoms with Gasteiger partial charge in [0.05, 0.1) is 0 Å². The summed E-state index contributed by atoms with van der Waals surface area (Å²) in [5, 5.41) is 2.98. The lowest BCUT2D eigenvalue weighted by molar-refractivity contribution is 1.57. The smallest absolute Gasteiger partial charge is 0.0393 e. The van der Waals surface area contributed by atoms with Crippen LogP contribution in [-0.2, 0) is 0 Å². The zero-order chi connectivity index (χ0) is 8.27. The molecule has 0 atom stereocenters. The van der Waals surface area contributed by atoms with Crippen molar-refractivity contribution in [2.24, 2.45) is 0 Å². The van der Waals surface area contributed by atoms with Crippen LogP contribution in [0, 0.1) is 25.0 Å². The highest BCUT2D eigenvalue weighted by atomic mass is 127. The van der Waals surface area contributed by atoms with Gasteiger partial charge in [0.25, 0.3) is 0 Å². The number of hydrogen-bond acceptors (Lipinski definition) is 2. The van der Waals surface area contributed by atoms with Gasteiger partial charge in [0, 0.05) is 36.5 Å². The average molecular weight is 294 g/mol. The predicted molar refractivity (Wildman–Crippen MR) is 62.3 cm³/mol. The molecule has 1 rings (SSSR count). The Hall–Kier alpha value is 0.340. The molecule has 3 heteroatoms. The van der Waals surface area contributed by atoms with Crippen LogP contribution < -0.4 is 0 Å². The SMILES string of the molecule is Cc1cc(C#CSI)c(C)s1. The Labute approximate surface area is 87.4 Å². The van der Waals surface area contributed by atoms with Crippen LogP contribution in [0.15, 0.2) is 6.07 Å². The minimum absolute atomic E-state index is 1.18. The first kappa shape index (κ1) is 9.43. The van der Waals surface area contributed by atoms with E-state index in [0.29, 0.717) is 0 Å². The Bertz CT molecular complexity index is 304. The fourth-order valence-electron chi connectivity index (χ4n) is 0.829. The fraction of sp³-hybridized carbons (Fsp3) is 0.250. The predicted octanol–water partition coefficient (Wildman–Crippen LogP) is 3.76. The minimum atomic E-state index is 1.18. The van der Waals surface area contributed by atoms with E-state index in [1.165, 1.54) is 24.3 Å². The Morgan fingerprint density at radius 1 is 1.55 bits per heavy atom. The Morgan fingerprint density at radius 2 is 2.27 bits per heavy atom. The van der Waals surface area contributed by atoms with Crippen LogP contribution in [-0.4, -0.2) is 0 Å². The number of halogens is 1. The molecule has 0 aliphatic carbocycles. The molecule has 0 aliphatic rings. The third kappa shape index (κ3) is 2.69. The first-order chi connectivity index (χ1) is 5.24. The molecular weight excluding hydrogens is 287 g/mol. The molecule has 0 nitrogen and oxygen atoms in total. The summed E-state index contributed by atoms with van der Waals surface area (Å²) in [6.07, 6.45) is 0. The van der Waals surface area contributed by atoms with E-state index in [9.17, 15) is 0 Å². The zero-order valence-corrected chi connectivity index (χ0v) is 10.1. The van der Waals surface area contributed by atoms with Crippen LogP contribution in [0.5, 0.6) is 0 Å². The van der Waals surface area contributed by atoms with E-state index in [2.05, 4.69) is 52.3 Å². The van der Waals surface area contributed by atoms with Crippen molar-refractivity contribution in [3.05, 3.63) is 21.4 Å². The lowest BCUT2D eigenvalue weighted by atomic mass is 10.3. The number of aryl methyl sites for hydroxylation is 2. The summed E-state index contributed by atoms with van der Waals surface area (Å²) in [5.41, 5.74) is 1.18. The summed E-state index contributed by atoms with van der Waals surface area (Å²) < 4.78 is 0. The molecule has 0 spiro atoms. The molecule has 0 saturated heterocycles. The summed E-state index contributed by atoms with van der Waals surface area (Å²) in [6.45, 7) is 4.22. The van der Waals surface area contributed by atoms with Crippen molar-refractivity contribution in [2.45, 2.75) is 13.8 Å². The van der Waals surface area contributed by atoms with Crippen LogP contribution in [0.2, 0.25) is 0 Å². The van der Waals surface area contributed by atoms with Gasteiger partial charge < -0.3 is 0 Å². The van der Waals surface area contributed by atoms with Crippen molar-refractivity contribution < 1.29 is 0 Å². The van der Waals surface area contributed by atoms with Gasteiger partial charge in [0.15, 0.2) is 0 Å². The number of rotatable bonds is 0. The van der Waals surface area contributed by atoms with Gasteiger partial charge in [-0.15, -0.1) is 11.3 Å². The molecule has 1 heterocycles. The van der Waals surface area contributed by atoms with Gasteiger partial charge in [-0.2, -0.15) is 0 Å². The molecule has 0 amide bonds. The maximum atomic E-state index is 3.10. The van der Waals surface area contributed by atoms with Gasteiger partial charge in [-0.3, -0.25) is 0 Å². The second-order valence-electron chi connectivity index (χ2n) is 2.13. The molecule has 0 N–H and O–H groups in total. The normalized spacial score (nSPS) is 9.00. The molecule has 0 radical (unpaired) electrons. The Balaban J connectivity index is 2.94. The van der Waals surface area contributed by atoms with Crippen molar-refractivity contribution in [3.8, 4) is 11.2 Å². The summed E-state index contributed by atoms with van der Waals surface area (Å²) in [5.74, 6) is 3.10. The highest BCUT2D eigenvalue weighted by Gasteiger charge is 1.97. The van der Waals surface area contributed by atoms with E-state index in [-0.39, 0.29) is 0 Å². The summed E-state index contributed by atoms with van der Waals surface area (Å²) in [6, 6.07) is 2.14. The van der Waals surface area contributed by atoms with Crippen molar-refractivity contribution in [3.63, 3.8) is 0 Å². The van der Waals surface area contributed by atoms with E-state index >= 15 is 0 Å². The summed E-state index contributed by atoms with van der Waals surface area (Å²) in [4.78, 5) is 2.66. The lowest BCUT2D eigenvalue weighted by Gasteiger charge is -1.81. The number of thiophene rings is 1. The third-order valence-electron chi connectivity index (χ3n) is 1.27. The molecule has 0 bridgehead atoms. The standard InChI is InChI=1S/C8H7IS2/c1-6-5-8(3-4-10-9)7(2)11-6/h5H,1-2H3. The summed E-state index contributed by atoms with van der Waals surface area (Å²) >= 11 is 3.98. The van der Waals surface area contributed by atoms with Crippen molar-refractivity contribution in [1.82, 2.24) is 0 Å². The van der Waals surface area contributed by atoms with Crippen molar-refractivity contribution >= 4 is 41.5 Å². The molecule has 1 aromatic heterocycles. The van der Waals surface area contributed by atoms with Gasteiger partial charge in [-0.05, 0) is 34.1 Å². The van der Waals surface area contributed by atoms with Crippen LogP contribution in [0.25, 0.3) is 0 Å². The maximum absolute atomic E-state index is 3.10. The second-order valence-corrected chi connectivity index (χ2v) is 5.27. The van der Waals surface area contributed by atoms with E-state index in [4.69, 9.17) is 0 Å². The van der Waals surface area contributed by atoms with Crippen LogP contribution in [0.3, 0.4) is 0 Å². The van der Waals surface area contributed by atoms with Crippen molar-refractivity contribution in [2.75, 3.05) is 0 Å². The second kappa shape index (κ2) is 4.39. The molecule has 0 unspecified atom stereocenters. The summed E-state index contributed by atoms with van der Waals surface area (Å²) in [7, 11) is 1.53. The minimum Gasteiger partial charge on any atom is -0.145 e. The maximum Gasteiger partial charge on any atom is 0.0393 e. The van der Waals surface area contributed by atoms with Gasteiger partial charge >= 0.3 is 0 Å². The van der Waals surface area contributed by atoms with Gasteiger partial charge in [-0.1, -0.05) is 5.92 Å². The Kier molecular flexibility index (Phi) is 3.76. The van der Waals surface area contributed by atoms with E-state index in [0.717, 1.165) is 0 Å². The molecule has 58 valence electrons. The van der Waals surface area contributed by atoms with Gasteiger partial charge in [0.2, 0.25) is 0 Å². The van der Waals surface area contributed by atoms with E-state index < -0.39 is 0 Å². The fourth-order valence-corrected chi connectivity index (χ4v) is 2.19. The number of hydrogen-bond donors (Lipinski definition) is 0. The lowest BCUT2D eigenvalue weighted by Crippen LogP contribution is -1.67. The first-order valence-electron chi connectivity index (χ1n) is 3.09. The molecule has 1 aromatic rings. The van der Waals surface area contributed by atoms with Crippen LogP contribution in [0.4, 0.5) is 0 Å². The molecule has 0 fully saturated rings. The molecule has 0 saturated carbocycles. The van der Waals surface area contributed by atoms with Crippen molar-refractivity contribution in [1.29, 1.82) is 0 Å². The average Bonchev–Trinajstić information content (AvgIpc) is 2.26. The molecule has 0 aliphatic heterocycles. The van der Waals surface area contributed by atoms with E-state index in [1.54, 1.807) is 11.3 Å². The van der Waals surface area contributed by atoms with Crippen LogP contribution in [0.1, 0.15) is 15.3 Å². The quantitative estimate of drug-likeness (QED) is 0.518. The largest absolute Gasteiger partial charge is 0.145 e. The van der Waals surface area contributed by atoms with E-state index in [1.807, 2.05) is 0 Å². The molecule has 0 aromatic carbocycles. The van der Waals surface area contributed by atoms with Crippen LogP contribution >= 0.6 is 41.5 Å². The van der Waals surface area contributed by atoms with Gasteiger partial charge in [0.1, 0.15) is 0 Å². The first-order valence-corrected chi connectivity index (χ1v) is 7.27. The zero-order valence-electron chi connectivity index (χ0n) is 6.27. The molecular formula is C8H7IS2. The third-order valence-corrected chi connectivity index (χ3v) is 3.07. The topological polar surface area (TPSA) is 0 Å². The molecule has 11 heavy (non-hydrogen) atoms. The highest BCUT2D eigenvalue weighted by molar-refractivity contribution is 14.2.